The minimum absolute atomic E-state index is 0.0133. The number of hydrogen-bond donors (Lipinski definition) is 0. The summed E-state index contributed by atoms with van der Waals surface area (Å²) in [6, 6.07) is 15.0. The molecular weight excluding hydrogens is 388 g/mol. The summed E-state index contributed by atoms with van der Waals surface area (Å²) in [5.41, 5.74) is 1.52. The first-order chi connectivity index (χ1) is 12.7. The number of Topliss-reactive ketones (excluding diaryl/α,β-unsaturated/α-hetero) is 1. The van der Waals surface area contributed by atoms with Crippen molar-refractivity contribution >= 4 is 41.1 Å². The van der Waals surface area contributed by atoms with E-state index in [1.165, 1.54) is 23.1 Å². The average Bonchev–Trinajstić information content (AvgIpc) is 3.07. The predicted molar refractivity (Wildman–Crippen MR) is 105 cm³/mol. The van der Waals surface area contributed by atoms with Crippen molar-refractivity contribution in [2.75, 3.05) is 19.0 Å². The second-order valence-corrected chi connectivity index (χ2v) is 8.30. The van der Waals surface area contributed by atoms with Crippen molar-refractivity contribution in [2.45, 2.75) is 4.34 Å². The van der Waals surface area contributed by atoms with E-state index < -0.39 is 0 Å². The van der Waals surface area contributed by atoms with Crippen molar-refractivity contribution in [1.29, 1.82) is 0 Å². The van der Waals surface area contributed by atoms with Crippen LogP contribution < -0.4 is 9.47 Å². The molecule has 3 aromatic rings. The summed E-state index contributed by atoms with van der Waals surface area (Å²) in [5, 5.41) is 4.51. The van der Waals surface area contributed by atoms with E-state index in [-0.39, 0.29) is 11.5 Å². The Hall–Kier alpha value is -2.16. The lowest BCUT2D eigenvalue weighted by molar-refractivity contribution is 0.102. The number of fused-ring (bicyclic) bond motifs is 1. The molecule has 8 heteroatoms. The second kappa shape index (κ2) is 7.61. The molecule has 2 aromatic carbocycles. The van der Waals surface area contributed by atoms with Crippen molar-refractivity contribution in [1.82, 2.24) is 9.78 Å². The summed E-state index contributed by atoms with van der Waals surface area (Å²) in [6.07, 6.45) is 0. The number of aromatic nitrogens is 2. The van der Waals surface area contributed by atoms with Gasteiger partial charge in [-0.15, -0.1) is 5.10 Å². The molecule has 1 aliphatic rings. The maximum Gasteiger partial charge on any atom is 0.184 e. The maximum atomic E-state index is 12.5. The molecule has 0 amide bonds. The first-order valence-electron chi connectivity index (χ1n) is 7.92. The van der Waals surface area contributed by atoms with Gasteiger partial charge >= 0.3 is 0 Å². The van der Waals surface area contributed by atoms with Gasteiger partial charge in [0.05, 0.1) is 11.4 Å². The number of rotatable bonds is 5. The minimum Gasteiger partial charge on any atom is -0.486 e. The van der Waals surface area contributed by atoms with Gasteiger partial charge in [0.25, 0.3) is 0 Å². The Bertz CT molecular complexity index is 998. The summed E-state index contributed by atoms with van der Waals surface area (Å²) in [6.45, 7) is 1.03. The fraction of sp³-hybridized carbons (Fsp3) is 0.167. The molecule has 132 valence electrons. The third kappa shape index (κ3) is 3.67. The first-order valence-corrected chi connectivity index (χ1v) is 10.1. The topological polar surface area (TPSA) is 53.4 Å². The fourth-order valence-electron chi connectivity index (χ4n) is 2.48. The quantitative estimate of drug-likeness (QED) is 0.358. The number of hydrogen-bond acceptors (Lipinski definition) is 7. The van der Waals surface area contributed by atoms with E-state index in [1.54, 1.807) is 22.9 Å². The van der Waals surface area contributed by atoms with Crippen LogP contribution in [0.2, 0.25) is 0 Å². The fourth-order valence-corrected chi connectivity index (χ4v) is 4.73. The summed E-state index contributed by atoms with van der Waals surface area (Å²) >= 11 is 8.18. The molecule has 0 saturated carbocycles. The Labute approximate surface area is 163 Å². The third-order valence-corrected chi connectivity index (χ3v) is 6.09. The smallest absolute Gasteiger partial charge is 0.184 e. The molecule has 0 atom stereocenters. The van der Waals surface area contributed by atoms with Crippen LogP contribution in [-0.2, 0) is 0 Å². The number of carbonyl (C=O) groups is 1. The van der Waals surface area contributed by atoms with Gasteiger partial charge in [0.1, 0.15) is 13.2 Å². The number of ketones is 1. The minimum atomic E-state index is 0.0133. The van der Waals surface area contributed by atoms with Crippen LogP contribution in [0, 0.1) is 3.95 Å². The maximum absolute atomic E-state index is 12.5. The number of ether oxygens (including phenoxy) is 2. The lowest BCUT2D eigenvalue weighted by Gasteiger charge is -2.18. The Balaban J connectivity index is 1.46. The van der Waals surface area contributed by atoms with Crippen LogP contribution in [0.25, 0.3) is 5.69 Å². The van der Waals surface area contributed by atoms with Crippen molar-refractivity contribution in [2.24, 2.45) is 0 Å². The summed E-state index contributed by atoms with van der Waals surface area (Å²) in [5.74, 6) is 1.60. The molecule has 1 aliphatic heterocycles. The summed E-state index contributed by atoms with van der Waals surface area (Å²) in [7, 11) is 0. The Morgan fingerprint density at radius 1 is 1.15 bits per heavy atom. The number of nitrogens with zero attached hydrogens (tertiary/aromatic N) is 2. The van der Waals surface area contributed by atoms with Gasteiger partial charge in [-0.25, -0.2) is 4.68 Å². The standard InChI is InChI=1S/C18H14N2O3S3/c21-14(12-6-7-15-16(10-12)23-9-8-22-15)11-25-17-19-20(18(24)26-17)13-4-2-1-3-5-13/h1-7,10H,8-9,11H2. The van der Waals surface area contributed by atoms with E-state index in [2.05, 4.69) is 5.10 Å². The molecule has 4 rings (SSSR count). The molecular formula is C18H14N2O3S3. The predicted octanol–water partition coefficient (Wildman–Crippen LogP) is 4.41. The highest BCUT2D eigenvalue weighted by Crippen LogP contribution is 2.31. The van der Waals surface area contributed by atoms with Crippen LogP contribution in [0.15, 0.2) is 52.9 Å². The molecule has 1 aromatic heterocycles. The zero-order valence-electron chi connectivity index (χ0n) is 13.6. The van der Waals surface area contributed by atoms with Crippen LogP contribution in [-0.4, -0.2) is 34.5 Å². The van der Waals surface area contributed by atoms with Gasteiger partial charge in [-0.1, -0.05) is 41.3 Å². The molecule has 2 heterocycles. The highest BCUT2D eigenvalue weighted by Gasteiger charge is 2.16. The number of benzene rings is 2. The monoisotopic (exact) mass is 402 g/mol. The van der Waals surface area contributed by atoms with Gasteiger partial charge in [-0.3, -0.25) is 4.79 Å². The van der Waals surface area contributed by atoms with Gasteiger partial charge < -0.3 is 9.47 Å². The van der Waals surface area contributed by atoms with Gasteiger partial charge in [0, 0.05) is 5.56 Å². The van der Waals surface area contributed by atoms with Crippen LogP contribution in [0.3, 0.4) is 0 Å². The van der Waals surface area contributed by atoms with Gasteiger partial charge in [0.15, 0.2) is 25.6 Å². The summed E-state index contributed by atoms with van der Waals surface area (Å²) < 4.78 is 14.2. The molecule has 26 heavy (non-hydrogen) atoms. The highest BCUT2D eigenvalue weighted by molar-refractivity contribution is 8.01. The van der Waals surface area contributed by atoms with E-state index in [1.807, 2.05) is 30.3 Å². The van der Waals surface area contributed by atoms with E-state index in [4.69, 9.17) is 21.7 Å². The average molecular weight is 403 g/mol. The molecule has 0 unspecified atom stereocenters. The molecule has 0 radical (unpaired) electrons. The van der Waals surface area contributed by atoms with Gasteiger partial charge in [-0.05, 0) is 42.5 Å². The highest BCUT2D eigenvalue weighted by atomic mass is 32.2. The molecule has 0 aliphatic carbocycles. The molecule has 0 spiro atoms. The van der Waals surface area contributed by atoms with Crippen LogP contribution >= 0.6 is 35.3 Å². The normalized spacial score (nSPS) is 12.8. The van der Waals surface area contributed by atoms with Crippen LogP contribution in [0.5, 0.6) is 11.5 Å². The Morgan fingerprint density at radius 2 is 1.92 bits per heavy atom. The van der Waals surface area contributed by atoms with Crippen molar-refractivity contribution in [3.05, 3.63) is 58.0 Å². The van der Waals surface area contributed by atoms with E-state index in [0.717, 1.165) is 10.0 Å². The van der Waals surface area contributed by atoms with E-state index >= 15 is 0 Å². The zero-order chi connectivity index (χ0) is 17.9. The molecule has 5 nitrogen and oxygen atoms in total. The molecule has 0 bridgehead atoms. The number of carbonyl (C=O) groups excluding carboxylic acids is 1. The SMILES string of the molecule is O=C(CSc1nn(-c2ccccc2)c(=S)s1)c1ccc2c(c1)OCCO2. The van der Waals surface area contributed by atoms with E-state index in [9.17, 15) is 4.79 Å². The lowest BCUT2D eigenvalue weighted by atomic mass is 10.1. The molecule has 0 saturated heterocycles. The molecule has 0 N–H and O–H groups in total. The van der Waals surface area contributed by atoms with Crippen molar-refractivity contribution < 1.29 is 14.3 Å². The first kappa shape index (κ1) is 17.3. The zero-order valence-corrected chi connectivity index (χ0v) is 16.0. The van der Waals surface area contributed by atoms with Gasteiger partial charge in [0.2, 0.25) is 0 Å². The second-order valence-electron chi connectivity index (χ2n) is 5.45. The third-order valence-electron chi connectivity index (χ3n) is 3.72. The van der Waals surface area contributed by atoms with Crippen LogP contribution in [0.1, 0.15) is 10.4 Å². The van der Waals surface area contributed by atoms with Crippen molar-refractivity contribution in [3.8, 4) is 17.2 Å². The largest absolute Gasteiger partial charge is 0.486 e. The van der Waals surface area contributed by atoms with Crippen LogP contribution in [0.4, 0.5) is 0 Å². The lowest BCUT2D eigenvalue weighted by Crippen LogP contribution is -2.16. The Kier molecular flexibility index (Phi) is 5.05. The molecule has 0 fully saturated rings. The van der Waals surface area contributed by atoms with Crippen molar-refractivity contribution in [3.63, 3.8) is 0 Å². The number of thioether (sulfide) groups is 1. The summed E-state index contributed by atoms with van der Waals surface area (Å²) in [4.78, 5) is 12.5. The Morgan fingerprint density at radius 3 is 2.73 bits per heavy atom. The van der Waals surface area contributed by atoms with Gasteiger partial charge in [-0.2, -0.15) is 0 Å². The van der Waals surface area contributed by atoms with E-state index in [0.29, 0.717) is 34.2 Å². The number of para-hydroxylation sites is 1.